The van der Waals surface area contributed by atoms with E-state index < -0.39 is 0 Å². The molecule has 0 amide bonds. The van der Waals surface area contributed by atoms with Crippen molar-refractivity contribution >= 4 is 33.2 Å². The molecule has 3 heterocycles. The molecule has 0 atom stereocenters. The second-order valence-corrected chi connectivity index (χ2v) is 11.6. The molecule has 224 valence electrons. The van der Waals surface area contributed by atoms with E-state index in [2.05, 4.69) is 70.1 Å². The fraction of sp³-hybridized carbons (Fsp3) is 0.455. The van der Waals surface area contributed by atoms with E-state index in [-0.39, 0.29) is 0 Å². The smallest absolute Gasteiger partial charge is 0.0935 e. The summed E-state index contributed by atoms with van der Waals surface area (Å²) < 4.78 is 6.21. The molecule has 1 saturated heterocycles. The van der Waals surface area contributed by atoms with Gasteiger partial charge in [-0.1, -0.05) is 36.4 Å². The first-order valence-corrected chi connectivity index (χ1v) is 15.1. The van der Waals surface area contributed by atoms with Crippen LogP contribution < -0.4 is 11.5 Å². The Hall–Kier alpha value is -3.34. The molecular formula is C33H46N8O. The third-order valence-corrected chi connectivity index (χ3v) is 8.17. The van der Waals surface area contributed by atoms with Crippen LogP contribution >= 0.6 is 0 Å². The van der Waals surface area contributed by atoms with Gasteiger partial charge in [0, 0.05) is 63.1 Å². The molecule has 4 N–H and O–H groups in total. The van der Waals surface area contributed by atoms with E-state index in [0.717, 1.165) is 116 Å². The number of nitrogens with zero attached hydrogens (tertiary/aromatic N) is 6. The largest absolute Gasteiger partial charge is 0.397 e. The highest BCUT2D eigenvalue weighted by Crippen LogP contribution is 2.21. The average Bonchev–Trinajstić information content (AvgIpc) is 2.98. The number of nitrogens with two attached hydrogens (primary N) is 2. The Kier molecular flexibility index (Phi) is 10.6. The summed E-state index contributed by atoms with van der Waals surface area (Å²) in [6, 6.07) is 20.4. The first-order chi connectivity index (χ1) is 20.4. The molecule has 2 aromatic heterocycles. The van der Waals surface area contributed by atoms with Gasteiger partial charge in [-0.25, -0.2) is 9.97 Å². The van der Waals surface area contributed by atoms with Crippen molar-refractivity contribution in [2.24, 2.45) is 0 Å². The van der Waals surface area contributed by atoms with Gasteiger partial charge >= 0.3 is 0 Å². The second-order valence-electron chi connectivity index (χ2n) is 11.6. The standard InChI is InChI=1S/C33H46N8O/c1-38-14-5-15-39(2)17-19-41(25-29-13-11-27-7-4-9-31(35)33(27)37-29)21-23-42-22-20-40(18-16-38)24-28-12-10-26-6-3-8-30(34)32(26)36-28/h3-4,6-13H,5,14-25,34-35H2,1-2H3. The van der Waals surface area contributed by atoms with E-state index in [1.54, 1.807) is 0 Å². The molecule has 4 aromatic rings. The molecule has 9 nitrogen and oxygen atoms in total. The van der Waals surface area contributed by atoms with Crippen molar-refractivity contribution in [2.45, 2.75) is 19.5 Å². The minimum Gasteiger partial charge on any atom is -0.397 e. The van der Waals surface area contributed by atoms with E-state index >= 15 is 0 Å². The molecule has 1 aliphatic heterocycles. The number of anilines is 2. The number of fused-ring (bicyclic) bond motifs is 2. The Morgan fingerprint density at radius 1 is 0.595 bits per heavy atom. The molecule has 0 saturated carbocycles. The topological polar surface area (TPSA) is 100 Å². The predicted molar refractivity (Wildman–Crippen MR) is 173 cm³/mol. The Balaban J connectivity index is 1.23. The lowest BCUT2D eigenvalue weighted by Crippen LogP contribution is -2.39. The number of hydrogen-bond donors (Lipinski definition) is 2. The van der Waals surface area contributed by atoms with Gasteiger partial charge in [0.25, 0.3) is 0 Å². The SMILES string of the molecule is CN1CCCN(C)CCN(Cc2ccc3cccc(N)c3n2)CCOCCN(Cc2ccc3cccc(N)c3n2)CC1. The summed E-state index contributed by atoms with van der Waals surface area (Å²) in [5.41, 5.74) is 17.7. The van der Waals surface area contributed by atoms with Crippen LogP contribution in [0.1, 0.15) is 17.8 Å². The number of benzene rings is 2. The summed E-state index contributed by atoms with van der Waals surface area (Å²) in [5, 5.41) is 2.15. The van der Waals surface area contributed by atoms with Crippen LogP contribution in [-0.2, 0) is 17.8 Å². The van der Waals surface area contributed by atoms with E-state index in [0.29, 0.717) is 13.2 Å². The van der Waals surface area contributed by atoms with Gasteiger partial charge < -0.3 is 26.0 Å². The zero-order valence-corrected chi connectivity index (χ0v) is 25.2. The van der Waals surface area contributed by atoms with Crippen LogP contribution in [-0.4, -0.2) is 109 Å². The van der Waals surface area contributed by atoms with Crippen molar-refractivity contribution in [1.29, 1.82) is 0 Å². The van der Waals surface area contributed by atoms with Crippen LogP contribution in [0.4, 0.5) is 11.4 Å². The summed E-state index contributed by atoms with van der Waals surface area (Å²) in [6.45, 7) is 10.7. The number of nitrogen functional groups attached to an aromatic ring is 2. The van der Waals surface area contributed by atoms with Gasteiger partial charge in [0.2, 0.25) is 0 Å². The van der Waals surface area contributed by atoms with Gasteiger partial charge in [-0.3, -0.25) is 9.80 Å². The molecule has 1 fully saturated rings. The normalized spacial score (nSPS) is 18.5. The van der Waals surface area contributed by atoms with Crippen LogP contribution in [0.3, 0.4) is 0 Å². The van der Waals surface area contributed by atoms with Gasteiger partial charge in [0.05, 0.1) is 47.0 Å². The first kappa shape index (κ1) is 30.1. The molecule has 0 spiro atoms. The monoisotopic (exact) mass is 570 g/mol. The van der Waals surface area contributed by atoms with Gasteiger partial charge in [0.1, 0.15) is 0 Å². The molecule has 0 radical (unpaired) electrons. The van der Waals surface area contributed by atoms with E-state index in [1.165, 1.54) is 0 Å². The molecule has 0 aliphatic carbocycles. The predicted octanol–water partition coefficient (Wildman–Crippen LogP) is 3.54. The number of pyridine rings is 2. The Morgan fingerprint density at radius 2 is 1.07 bits per heavy atom. The minimum absolute atomic E-state index is 0.679. The third-order valence-electron chi connectivity index (χ3n) is 8.17. The number of hydrogen-bond acceptors (Lipinski definition) is 9. The molecule has 2 aromatic carbocycles. The quantitative estimate of drug-likeness (QED) is 0.357. The fourth-order valence-corrected chi connectivity index (χ4v) is 5.54. The van der Waals surface area contributed by atoms with Crippen LogP contribution in [0.15, 0.2) is 60.7 Å². The maximum Gasteiger partial charge on any atom is 0.0935 e. The van der Waals surface area contributed by atoms with Crippen LogP contribution in [0.2, 0.25) is 0 Å². The van der Waals surface area contributed by atoms with Gasteiger partial charge in [-0.05, 0) is 57.9 Å². The van der Waals surface area contributed by atoms with Gasteiger partial charge in [-0.2, -0.15) is 0 Å². The number of ether oxygens (including phenoxy) is 1. The summed E-state index contributed by atoms with van der Waals surface area (Å²) in [7, 11) is 4.44. The molecule has 0 bridgehead atoms. The highest BCUT2D eigenvalue weighted by molar-refractivity contribution is 5.89. The van der Waals surface area contributed by atoms with Gasteiger partial charge in [0.15, 0.2) is 0 Å². The van der Waals surface area contributed by atoms with Crippen molar-refractivity contribution in [1.82, 2.24) is 29.6 Å². The van der Waals surface area contributed by atoms with Crippen molar-refractivity contribution in [3.05, 3.63) is 72.1 Å². The zero-order valence-electron chi connectivity index (χ0n) is 25.2. The molecule has 9 heteroatoms. The van der Waals surface area contributed by atoms with Crippen molar-refractivity contribution in [2.75, 3.05) is 91.1 Å². The number of aromatic nitrogens is 2. The Labute approximate surface area is 250 Å². The number of para-hydroxylation sites is 2. The van der Waals surface area contributed by atoms with Crippen LogP contribution in [0.5, 0.6) is 0 Å². The molecule has 5 rings (SSSR count). The van der Waals surface area contributed by atoms with Crippen molar-refractivity contribution in [3.8, 4) is 0 Å². The van der Waals surface area contributed by atoms with Crippen molar-refractivity contribution in [3.63, 3.8) is 0 Å². The lowest BCUT2D eigenvalue weighted by molar-refractivity contribution is 0.0727. The maximum atomic E-state index is 6.22. The Morgan fingerprint density at radius 3 is 1.55 bits per heavy atom. The third kappa shape index (κ3) is 8.36. The average molecular weight is 571 g/mol. The van der Waals surface area contributed by atoms with E-state index in [1.807, 2.05) is 24.3 Å². The highest BCUT2D eigenvalue weighted by atomic mass is 16.5. The molecule has 42 heavy (non-hydrogen) atoms. The van der Waals surface area contributed by atoms with E-state index in [4.69, 9.17) is 26.2 Å². The zero-order chi connectivity index (χ0) is 29.3. The van der Waals surface area contributed by atoms with E-state index in [9.17, 15) is 0 Å². The number of rotatable bonds is 4. The van der Waals surface area contributed by atoms with Gasteiger partial charge in [-0.15, -0.1) is 0 Å². The fourth-order valence-electron chi connectivity index (χ4n) is 5.54. The summed E-state index contributed by atoms with van der Waals surface area (Å²) in [6.07, 6.45) is 1.15. The van der Waals surface area contributed by atoms with Crippen molar-refractivity contribution < 1.29 is 4.74 Å². The van der Waals surface area contributed by atoms with Crippen LogP contribution in [0, 0.1) is 0 Å². The summed E-state index contributed by atoms with van der Waals surface area (Å²) in [4.78, 5) is 19.6. The molecular weight excluding hydrogens is 524 g/mol. The lowest BCUT2D eigenvalue weighted by Gasteiger charge is -2.28. The molecule has 1 aliphatic rings. The number of likely N-dealkylation sites (N-methyl/N-ethyl adjacent to an activating group) is 2. The minimum atomic E-state index is 0.679. The molecule has 0 unspecified atom stereocenters. The maximum absolute atomic E-state index is 6.22. The highest BCUT2D eigenvalue weighted by Gasteiger charge is 2.14. The summed E-state index contributed by atoms with van der Waals surface area (Å²) >= 11 is 0. The van der Waals surface area contributed by atoms with Crippen LogP contribution in [0.25, 0.3) is 21.8 Å². The lowest BCUT2D eigenvalue weighted by atomic mass is 10.1. The Bertz CT molecular complexity index is 1340. The first-order valence-electron chi connectivity index (χ1n) is 15.1. The second kappa shape index (κ2) is 14.7. The summed E-state index contributed by atoms with van der Waals surface area (Å²) in [5.74, 6) is 0.